The van der Waals surface area contributed by atoms with Crippen LogP contribution in [0.15, 0.2) is 31.0 Å². The number of anilines is 2. The predicted octanol–water partition coefficient (Wildman–Crippen LogP) is 1.04. The monoisotopic (exact) mass is 329 g/mol. The third-order valence-corrected chi connectivity index (χ3v) is 3.77. The molecular weight excluding hydrogens is 310 g/mol. The SMILES string of the molecule is C=CC(=O)CCC(=O)Nc1cc(N2CCOCC2)n2nccc2n1. The van der Waals surface area contributed by atoms with E-state index in [0.717, 1.165) is 18.9 Å². The maximum atomic E-state index is 12.0. The minimum atomic E-state index is -0.255. The van der Waals surface area contributed by atoms with E-state index >= 15 is 0 Å². The minimum absolute atomic E-state index is 0.101. The largest absolute Gasteiger partial charge is 0.378 e. The van der Waals surface area contributed by atoms with E-state index in [1.165, 1.54) is 6.08 Å². The highest BCUT2D eigenvalue weighted by atomic mass is 16.5. The van der Waals surface area contributed by atoms with Gasteiger partial charge >= 0.3 is 0 Å². The normalized spacial score (nSPS) is 14.6. The van der Waals surface area contributed by atoms with Crippen LogP contribution in [0.3, 0.4) is 0 Å². The van der Waals surface area contributed by atoms with Gasteiger partial charge < -0.3 is 15.0 Å². The van der Waals surface area contributed by atoms with Gasteiger partial charge in [0, 0.05) is 38.1 Å². The first kappa shape index (κ1) is 16.1. The molecule has 0 aromatic carbocycles. The number of ether oxygens (including phenoxy) is 1. The molecule has 1 saturated heterocycles. The van der Waals surface area contributed by atoms with Crippen LogP contribution in [0, 0.1) is 0 Å². The molecule has 2 aromatic rings. The van der Waals surface area contributed by atoms with Crippen molar-refractivity contribution in [2.24, 2.45) is 0 Å². The summed E-state index contributed by atoms with van der Waals surface area (Å²) in [5, 5.41) is 7.04. The second kappa shape index (κ2) is 7.22. The summed E-state index contributed by atoms with van der Waals surface area (Å²) >= 11 is 0. The number of hydrogen-bond acceptors (Lipinski definition) is 6. The third kappa shape index (κ3) is 3.60. The van der Waals surface area contributed by atoms with E-state index in [1.807, 2.05) is 0 Å². The van der Waals surface area contributed by atoms with E-state index in [4.69, 9.17) is 4.74 Å². The fourth-order valence-electron chi connectivity index (χ4n) is 2.52. The van der Waals surface area contributed by atoms with Gasteiger partial charge in [-0.1, -0.05) is 6.58 Å². The van der Waals surface area contributed by atoms with Crippen molar-refractivity contribution in [1.82, 2.24) is 14.6 Å². The topological polar surface area (TPSA) is 88.8 Å². The zero-order valence-electron chi connectivity index (χ0n) is 13.3. The van der Waals surface area contributed by atoms with Crippen LogP contribution in [0.4, 0.5) is 11.6 Å². The zero-order valence-corrected chi connectivity index (χ0v) is 13.3. The van der Waals surface area contributed by atoms with Crippen molar-refractivity contribution < 1.29 is 14.3 Å². The molecule has 1 aliphatic rings. The fourth-order valence-corrected chi connectivity index (χ4v) is 2.52. The Morgan fingerprint density at radius 1 is 1.33 bits per heavy atom. The molecule has 0 atom stereocenters. The highest BCUT2D eigenvalue weighted by Gasteiger charge is 2.17. The highest BCUT2D eigenvalue weighted by Crippen LogP contribution is 2.21. The number of allylic oxidation sites excluding steroid dienone is 1. The molecule has 126 valence electrons. The summed E-state index contributed by atoms with van der Waals surface area (Å²) in [6.45, 7) is 6.19. The molecule has 2 aromatic heterocycles. The van der Waals surface area contributed by atoms with E-state index in [1.54, 1.807) is 22.8 Å². The van der Waals surface area contributed by atoms with Crippen molar-refractivity contribution in [3.05, 3.63) is 31.0 Å². The van der Waals surface area contributed by atoms with Gasteiger partial charge in [0.25, 0.3) is 0 Å². The summed E-state index contributed by atoms with van der Waals surface area (Å²) < 4.78 is 7.12. The van der Waals surface area contributed by atoms with Crippen LogP contribution in [-0.4, -0.2) is 52.6 Å². The van der Waals surface area contributed by atoms with E-state index in [2.05, 4.69) is 26.9 Å². The molecule has 0 saturated carbocycles. The first-order valence-electron chi connectivity index (χ1n) is 7.80. The molecule has 24 heavy (non-hydrogen) atoms. The van der Waals surface area contributed by atoms with Crippen LogP contribution in [0.5, 0.6) is 0 Å². The van der Waals surface area contributed by atoms with Crippen LogP contribution in [0.25, 0.3) is 5.65 Å². The van der Waals surface area contributed by atoms with E-state index in [9.17, 15) is 9.59 Å². The summed E-state index contributed by atoms with van der Waals surface area (Å²) in [6.07, 6.45) is 3.13. The lowest BCUT2D eigenvalue weighted by Crippen LogP contribution is -2.37. The van der Waals surface area contributed by atoms with Crippen LogP contribution >= 0.6 is 0 Å². The molecule has 0 bridgehead atoms. The predicted molar refractivity (Wildman–Crippen MR) is 89.1 cm³/mol. The van der Waals surface area contributed by atoms with Gasteiger partial charge in [-0.2, -0.15) is 9.61 Å². The number of amides is 1. The quantitative estimate of drug-likeness (QED) is 0.797. The van der Waals surface area contributed by atoms with Crippen molar-refractivity contribution in [2.75, 3.05) is 36.5 Å². The average Bonchev–Trinajstić information content (AvgIpc) is 3.08. The summed E-state index contributed by atoms with van der Waals surface area (Å²) in [6, 6.07) is 3.57. The average molecular weight is 329 g/mol. The maximum Gasteiger partial charge on any atom is 0.225 e. The molecule has 3 heterocycles. The summed E-state index contributed by atoms with van der Waals surface area (Å²) in [7, 11) is 0. The number of ketones is 1. The first-order chi connectivity index (χ1) is 11.7. The molecule has 0 unspecified atom stereocenters. The molecule has 1 N–H and O–H groups in total. The van der Waals surface area contributed by atoms with Gasteiger partial charge in [-0.3, -0.25) is 9.59 Å². The number of rotatable bonds is 6. The number of fused-ring (bicyclic) bond motifs is 1. The highest BCUT2D eigenvalue weighted by molar-refractivity contribution is 5.96. The van der Waals surface area contributed by atoms with Crippen LogP contribution < -0.4 is 10.2 Å². The number of nitrogens with zero attached hydrogens (tertiary/aromatic N) is 4. The van der Waals surface area contributed by atoms with Gasteiger partial charge in [-0.05, 0) is 6.08 Å². The van der Waals surface area contributed by atoms with Crippen molar-refractivity contribution in [2.45, 2.75) is 12.8 Å². The number of morpholine rings is 1. The molecule has 1 fully saturated rings. The number of hydrogen-bond donors (Lipinski definition) is 1. The molecule has 8 nitrogen and oxygen atoms in total. The molecule has 3 rings (SSSR count). The number of aromatic nitrogens is 3. The van der Waals surface area contributed by atoms with Crippen LogP contribution in [-0.2, 0) is 14.3 Å². The molecule has 0 spiro atoms. The lowest BCUT2D eigenvalue weighted by Gasteiger charge is -2.29. The van der Waals surface area contributed by atoms with Gasteiger partial charge in [-0.15, -0.1) is 0 Å². The van der Waals surface area contributed by atoms with Gasteiger partial charge in [0.05, 0.1) is 19.4 Å². The van der Waals surface area contributed by atoms with Gasteiger partial charge in [0.15, 0.2) is 11.4 Å². The second-order valence-electron chi connectivity index (χ2n) is 5.42. The van der Waals surface area contributed by atoms with E-state index in [-0.39, 0.29) is 24.5 Å². The minimum Gasteiger partial charge on any atom is -0.378 e. The molecule has 1 amide bonds. The second-order valence-corrected chi connectivity index (χ2v) is 5.42. The lowest BCUT2D eigenvalue weighted by molar-refractivity contribution is -0.120. The Kier molecular flexibility index (Phi) is 4.85. The van der Waals surface area contributed by atoms with Crippen LogP contribution in [0.1, 0.15) is 12.8 Å². The Labute approximate surface area is 139 Å². The Balaban J connectivity index is 1.79. The maximum absolute atomic E-state index is 12.0. The fraction of sp³-hybridized carbons (Fsp3) is 0.375. The Hall–Kier alpha value is -2.74. The molecule has 0 aliphatic carbocycles. The van der Waals surface area contributed by atoms with Crippen LogP contribution in [0.2, 0.25) is 0 Å². The Morgan fingerprint density at radius 3 is 2.88 bits per heavy atom. The van der Waals surface area contributed by atoms with Crippen molar-refractivity contribution in [3.8, 4) is 0 Å². The van der Waals surface area contributed by atoms with Crippen molar-refractivity contribution in [3.63, 3.8) is 0 Å². The molecule has 1 aliphatic heterocycles. The standard InChI is InChI=1S/C16H19N5O3/c1-2-12(22)3-4-15(23)19-13-11-16(20-7-9-24-10-8-20)21-14(18-13)5-6-17-21/h2,5-6,11H,1,3-4,7-10H2,(H,18,19,23). The van der Waals surface area contributed by atoms with Crippen molar-refractivity contribution >= 4 is 29.0 Å². The zero-order chi connectivity index (χ0) is 16.9. The van der Waals surface area contributed by atoms with Gasteiger partial charge in [0.1, 0.15) is 11.6 Å². The molecule has 8 heteroatoms. The smallest absolute Gasteiger partial charge is 0.225 e. The number of nitrogens with one attached hydrogen (secondary N) is 1. The number of carbonyl (C=O) groups is 2. The Bertz CT molecular complexity index is 764. The third-order valence-electron chi connectivity index (χ3n) is 3.77. The summed E-state index contributed by atoms with van der Waals surface area (Å²) in [5.74, 6) is 0.888. The van der Waals surface area contributed by atoms with Crippen molar-refractivity contribution in [1.29, 1.82) is 0 Å². The summed E-state index contributed by atoms with van der Waals surface area (Å²) in [5.41, 5.74) is 0.649. The Morgan fingerprint density at radius 2 is 2.12 bits per heavy atom. The summed E-state index contributed by atoms with van der Waals surface area (Å²) in [4.78, 5) is 29.8. The molecular formula is C16H19N5O3. The van der Waals surface area contributed by atoms with E-state index < -0.39 is 0 Å². The number of carbonyl (C=O) groups excluding carboxylic acids is 2. The van der Waals surface area contributed by atoms with E-state index in [0.29, 0.717) is 24.7 Å². The van der Waals surface area contributed by atoms with Gasteiger partial charge in [-0.25, -0.2) is 4.98 Å². The first-order valence-corrected chi connectivity index (χ1v) is 7.80. The lowest BCUT2D eigenvalue weighted by atomic mass is 10.2. The molecule has 0 radical (unpaired) electrons. The van der Waals surface area contributed by atoms with Gasteiger partial charge in [0.2, 0.25) is 5.91 Å².